The molecule has 0 saturated heterocycles. The maximum absolute atomic E-state index is 11.8. The SMILES string of the molecule is O=C(CNC(=O)c1cc(Cl)ccn1)Nc1cccc(Cl)c1. The van der Waals surface area contributed by atoms with Crippen molar-refractivity contribution >= 4 is 40.7 Å². The van der Waals surface area contributed by atoms with Gasteiger partial charge in [-0.05, 0) is 30.3 Å². The highest BCUT2D eigenvalue weighted by molar-refractivity contribution is 6.31. The summed E-state index contributed by atoms with van der Waals surface area (Å²) in [7, 11) is 0. The molecule has 0 radical (unpaired) electrons. The zero-order chi connectivity index (χ0) is 15.2. The van der Waals surface area contributed by atoms with Gasteiger partial charge < -0.3 is 10.6 Å². The fraction of sp³-hybridized carbons (Fsp3) is 0.0714. The van der Waals surface area contributed by atoms with Gasteiger partial charge in [0.1, 0.15) is 5.69 Å². The Balaban J connectivity index is 1.88. The standard InChI is InChI=1S/C14H11Cl2N3O2/c15-9-2-1-3-11(6-9)19-13(20)8-18-14(21)12-7-10(16)4-5-17-12/h1-7H,8H2,(H,18,21)(H,19,20). The van der Waals surface area contributed by atoms with Crippen LogP contribution in [-0.4, -0.2) is 23.3 Å². The number of halogens is 2. The van der Waals surface area contributed by atoms with Crippen LogP contribution >= 0.6 is 23.2 Å². The van der Waals surface area contributed by atoms with E-state index in [1.807, 2.05) is 0 Å². The summed E-state index contributed by atoms with van der Waals surface area (Å²) in [5, 5.41) is 5.99. The third-order valence-electron chi connectivity index (χ3n) is 2.47. The quantitative estimate of drug-likeness (QED) is 0.908. The van der Waals surface area contributed by atoms with E-state index in [2.05, 4.69) is 15.6 Å². The van der Waals surface area contributed by atoms with Crippen LogP contribution in [0.4, 0.5) is 5.69 Å². The molecule has 0 bridgehead atoms. The second kappa shape index (κ2) is 7.06. The molecule has 1 aromatic heterocycles. The minimum Gasteiger partial charge on any atom is -0.342 e. The highest BCUT2D eigenvalue weighted by Crippen LogP contribution is 2.14. The highest BCUT2D eigenvalue weighted by atomic mass is 35.5. The Morgan fingerprint density at radius 2 is 1.86 bits per heavy atom. The first kappa shape index (κ1) is 15.3. The lowest BCUT2D eigenvalue weighted by atomic mass is 10.3. The van der Waals surface area contributed by atoms with Crippen molar-refractivity contribution in [3.05, 3.63) is 58.3 Å². The number of pyridine rings is 1. The Bertz CT molecular complexity index is 677. The molecule has 2 aromatic rings. The minimum absolute atomic E-state index is 0.151. The van der Waals surface area contributed by atoms with Gasteiger partial charge in [0, 0.05) is 21.9 Å². The van der Waals surface area contributed by atoms with Gasteiger partial charge in [0.05, 0.1) is 6.54 Å². The van der Waals surface area contributed by atoms with Gasteiger partial charge in [-0.3, -0.25) is 14.6 Å². The average Bonchev–Trinajstić information content (AvgIpc) is 2.45. The zero-order valence-electron chi connectivity index (χ0n) is 10.8. The van der Waals surface area contributed by atoms with Crippen molar-refractivity contribution in [2.24, 2.45) is 0 Å². The van der Waals surface area contributed by atoms with Crippen LogP contribution < -0.4 is 10.6 Å². The molecule has 0 aliphatic rings. The molecule has 1 aromatic carbocycles. The van der Waals surface area contributed by atoms with Gasteiger partial charge in [0.2, 0.25) is 5.91 Å². The van der Waals surface area contributed by atoms with Crippen LogP contribution in [0.5, 0.6) is 0 Å². The number of carbonyl (C=O) groups excluding carboxylic acids is 2. The molecule has 21 heavy (non-hydrogen) atoms. The predicted molar refractivity (Wildman–Crippen MR) is 81.7 cm³/mol. The van der Waals surface area contributed by atoms with Crippen molar-refractivity contribution in [2.75, 3.05) is 11.9 Å². The van der Waals surface area contributed by atoms with E-state index in [9.17, 15) is 9.59 Å². The number of nitrogens with zero attached hydrogens (tertiary/aromatic N) is 1. The Hall–Kier alpha value is -2.11. The Morgan fingerprint density at radius 3 is 2.57 bits per heavy atom. The van der Waals surface area contributed by atoms with E-state index in [4.69, 9.17) is 23.2 Å². The summed E-state index contributed by atoms with van der Waals surface area (Å²) in [5.41, 5.74) is 0.709. The number of anilines is 1. The van der Waals surface area contributed by atoms with Crippen molar-refractivity contribution in [3.63, 3.8) is 0 Å². The number of hydrogen-bond acceptors (Lipinski definition) is 3. The van der Waals surface area contributed by atoms with Gasteiger partial charge in [-0.15, -0.1) is 0 Å². The number of benzene rings is 1. The number of carbonyl (C=O) groups is 2. The molecule has 2 amide bonds. The van der Waals surface area contributed by atoms with E-state index in [-0.39, 0.29) is 18.1 Å². The molecule has 108 valence electrons. The molecular formula is C14H11Cl2N3O2. The van der Waals surface area contributed by atoms with Crippen molar-refractivity contribution in [2.45, 2.75) is 0 Å². The van der Waals surface area contributed by atoms with Crippen LogP contribution in [0.1, 0.15) is 10.5 Å². The molecule has 0 unspecified atom stereocenters. The Labute approximate surface area is 131 Å². The van der Waals surface area contributed by atoms with Crippen LogP contribution in [0.2, 0.25) is 10.0 Å². The van der Waals surface area contributed by atoms with Crippen molar-refractivity contribution in [3.8, 4) is 0 Å². The van der Waals surface area contributed by atoms with E-state index in [0.717, 1.165) is 0 Å². The number of amides is 2. The lowest BCUT2D eigenvalue weighted by Crippen LogP contribution is -2.33. The van der Waals surface area contributed by atoms with Gasteiger partial charge in [0.15, 0.2) is 0 Å². The average molecular weight is 324 g/mol. The van der Waals surface area contributed by atoms with Crippen LogP contribution in [0.3, 0.4) is 0 Å². The second-order valence-corrected chi connectivity index (χ2v) is 4.97. The largest absolute Gasteiger partial charge is 0.342 e. The van der Waals surface area contributed by atoms with Gasteiger partial charge in [0.25, 0.3) is 5.91 Å². The fourth-order valence-electron chi connectivity index (χ4n) is 1.55. The van der Waals surface area contributed by atoms with Gasteiger partial charge in [-0.1, -0.05) is 29.3 Å². The van der Waals surface area contributed by atoms with Crippen LogP contribution in [0, 0.1) is 0 Å². The maximum atomic E-state index is 11.8. The van der Waals surface area contributed by atoms with Crippen molar-refractivity contribution in [1.29, 1.82) is 0 Å². The van der Waals surface area contributed by atoms with E-state index in [1.54, 1.807) is 30.3 Å². The summed E-state index contributed by atoms with van der Waals surface area (Å²) in [6.07, 6.45) is 1.42. The first-order valence-electron chi connectivity index (χ1n) is 6.00. The van der Waals surface area contributed by atoms with Crippen molar-refractivity contribution < 1.29 is 9.59 Å². The highest BCUT2D eigenvalue weighted by Gasteiger charge is 2.10. The molecule has 0 atom stereocenters. The molecule has 0 fully saturated rings. The summed E-state index contributed by atoms with van der Waals surface area (Å²) < 4.78 is 0. The second-order valence-electron chi connectivity index (χ2n) is 4.10. The lowest BCUT2D eigenvalue weighted by Gasteiger charge is -2.07. The van der Waals surface area contributed by atoms with Crippen LogP contribution in [0.25, 0.3) is 0 Å². The lowest BCUT2D eigenvalue weighted by molar-refractivity contribution is -0.115. The molecule has 0 spiro atoms. The van der Waals surface area contributed by atoms with Crippen LogP contribution in [0.15, 0.2) is 42.6 Å². The van der Waals surface area contributed by atoms with Gasteiger partial charge in [-0.2, -0.15) is 0 Å². The Kier molecular flexibility index (Phi) is 5.14. The molecular weight excluding hydrogens is 313 g/mol. The first-order valence-corrected chi connectivity index (χ1v) is 6.75. The molecule has 0 aliphatic heterocycles. The third-order valence-corrected chi connectivity index (χ3v) is 2.94. The number of aromatic nitrogens is 1. The number of nitrogens with one attached hydrogen (secondary N) is 2. The summed E-state index contributed by atoms with van der Waals surface area (Å²) in [6, 6.07) is 9.70. The summed E-state index contributed by atoms with van der Waals surface area (Å²) in [5.74, 6) is -0.841. The Morgan fingerprint density at radius 1 is 1.10 bits per heavy atom. The van der Waals surface area contributed by atoms with E-state index < -0.39 is 5.91 Å². The van der Waals surface area contributed by atoms with Gasteiger partial charge in [-0.25, -0.2) is 0 Å². The maximum Gasteiger partial charge on any atom is 0.270 e. The molecule has 2 N–H and O–H groups in total. The van der Waals surface area contributed by atoms with Crippen molar-refractivity contribution in [1.82, 2.24) is 10.3 Å². The summed E-state index contributed by atoms with van der Waals surface area (Å²) in [6.45, 7) is -0.181. The van der Waals surface area contributed by atoms with E-state index >= 15 is 0 Å². The predicted octanol–water partition coefficient (Wildman–Crippen LogP) is 2.76. The molecule has 5 nitrogen and oxygen atoms in total. The summed E-state index contributed by atoms with van der Waals surface area (Å²) >= 11 is 11.6. The minimum atomic E-state index is -0.473. The number of hydrogen-bond donors (Lipinski definition) is 2. The summed E-state index contributed by atoms with van der Waals surface area (Å²) in [4.78, 5) is 27.4. The van der Waals surface area contributed by atoms with E-state index in [0.29, 0.717) is 15.7 Å². The molecule has 0 aliphatic carbocycles. The van der Waals surface area contributed by atoms with E-state index in [1.165, 1.54) is 12.3 Å². The monoisotopic (exact) mass is 323 g/mol. The molecule has 7 heteroatoms. The van der Waals surface area contributed by atoms with Crippen LogP contribution in [-0.2, 0) is 4.79 Å². The molecule has 1 heterocycles. The molecule has 2 rings (SSSR count). The topological polar surface area (TPSA) is 71.1 Å². The fourth-order valence-corrected chi connectivity index (χ4v) is 1.90. The zero-order valence-corrected chi connectivity index (χ0v) is 12.3. The first-order chi connectivity index (χ1) is 10.0. The normalized spacial score (nSPS) is 10.0. The van der Waals surface area contributed by atoms with Gasteiger partial charge >= 0.3 is 0 Å². The molecule has 0 saturated carbocycles. The third kappa shape index (κ3) is 4.73. The smallest absolute Gasteiger partial charge is 0.270 e. The number of rotatable bonds is 4.